The predicted octanol–water partition coefficient (Wildman–Crippen LogP) is 3.71. The fraction of sp³-hybridized carbons (Fsp3) is 0.462. The second kappa shape index (κ2) is 4.89. The van der Waals surface area contributed by atoms with Gasteiger partial charge in [0, 0.05) is 4.88 Å². The third kappa shape index (κ3) is 2.61. The van der Waals surface area contributed by atoms with Crippen LogP contribution in [-0.4, -0.2) is 12.6 Å². The summed E-state index contributed by atoms with van der Waals surface area (Å²) in [5.41, 5.74) is -1.23. The Labute approximate surface area is 113 Å². The van der Waals surface area contributed by atoms with Gasteiger partial charge in [0.2, 0.25) is 6.41 Å². The van der Waals surface area contributed by atoms with E-state index in [0.717, 1.165) is 4.88 Å². The van der Waals surface area contributed by atoms with Crippen LogP contribution in [0.4, 0.5) is 18.9 Å². The van der Waals surface area contributed by atoms with E-state index in [1.807, 2.05) is 0 Å². The summed E-state index contributed by atoms with van der Waals surface area (Å²) in [6.45, 7) is 1.78. The van der Waals surface area contributed by atoms with Crippen LogP contribution in [0.2, 0.25) is 0 Å². The fourth-order valence-corrected chi connectivity index (χ4v) is 2.78. The number of hydrogen-bond donors (Lipinski definition) is 1. The van der Waals surface area contributed by atoms with E-state index in [-0.39, 0.29) is 12.8 Å². The van der Waals surface area contributed by atoms with Crippen LogP contribution in [0.3, 0.4) is 0 Å². The van der Waals surface area contributed by atoms with Gasteiger partial charge in [-0.3, -0.25) is 4.79 Å². The molecule has 2 rings (SSSR count). The summed E-state index contributed by atoms with van der Waals surface area (Å²) in [7, 11) is 0. The van der Waals surface area contributed by atoms with E-state index >= 15 is 0 Å². The number of amides is 1. The van der Waals surface area contributed by atoms with Crippen molar-refractivity contribution >= 4 is 23.4 Å². The molecule has 0 aliphatic heterocycles. The van der Waals surface area contributed by atoms with Crippen molar-refractivity contribution in [1.82, 2.24) is 0 Å². The number of thiophene rings is 1. The van der Waals surface area contributed by atoms with Crippen molar-refractivity contribution in [3.05, 3.63) is 15.8 Å². The molecule has 102 valence electrons. The van der Waals surface area contributed by atoms with Crippen LogP contribution in [-0.2, 0) is 4.79 Å². The molecule has 0 radical (unpaired) electrons. The molecule has 6 heteroatoms. The predicted molar refractivity (Wildman–Crippen MR) is 68.0 cm³/mol. The highest BCUT2D eigenvalue weighted by atomic mass is 32.1. The lowest BCUT2D eigenvalue weighted by molar-refractivity contribution is -0.225. The summed E-state index contributed by atoms with van der Waals surface area (Å²) in [6, 6.07) is 1.60. The van der Waals surface area contributed by atoms with Crippen molar-refractivity contribution in [3.63, 3.8) is 0 Å². The molecule has 1 aliphatic rings. The van der Waals surface area contributed by atoms with Gasteiger partial charge in [0.25, 0.3) is 0 Å². The average molecular weight is 287 g/mol. The molecule has 1 amide bonds. The summed E-state index contributed by atoms with van der Waals surface area (Å²) in [6.07, 6.45) is -3.01. The molecule has 0 spiro atoms. The maximum Gasteiger partial charge on any atom is 0.405 e. The molecular weight excluding hydrogens is 275 g/mol. The summed E-state index contributed by atoms with van der Waals surface area (Å²) < 4.78 is 38.7. The first kappa shape index (κ1) is 13.9. The molecule has 2 nitrogen and oxygen atoms in total. The van der Waals surface area contributed by atoms with Crippen LogP contribution in [0.15, 0.2) is 6.07 Å². The molecule has 1 heterocycles. The third-order valence-corrected chi connectivity index (χ3v) is 4.27. The van der Waals surface area contributed by atoms with Gasteiger partial charge in [-0.05, 0) is 32.3 Å². The summed E-state index contributed by atoms with van der Waals surface area (Å²) in [5.74, 6) is 5.00. The van der Waals surface area contributed by atoms with Crippen molar-refractivity contribution in [2.24, 2.45) is 5.41 Å². The Morgan fingerprint density at radius 3 is 2.63 bits per heavy atom. The number of carbonyl (C=O) groups is 1. The number of halogens is 3. The van der Waals surface area contributed by atoms with E-state index in [1.165, 1.54) is 11.3 Å². The average Bonchev–Trinajstić information content (AvgIpc) is 2.56. The zero-order valence-electron chi connectivity index (χ0n) is 10.2. The van der Waals surface area contributed by atoms with Gasteiger partial charge in [-0.2, -0.15) is 13.2 Å². The molecule has 0 saturated heterocycles. The van der Waals surface area contributed by atoms with Gasteiger partial charge < -0.3 is 5.32 Å². The summed E-state index contributed by atoms with van der Waals surface area (Å²) >= 11 is 1.28. The van der Waals surface area contributed by atoms with Gasteiger partial charge in [-0.15, -0.1) is 11.3 Å². The molecular formula is C13H12F3NOS. The Hall–Kier alpha value is -1.48. The molecule has 0 atom stereocenters. The minimum absolute atomic E-state index is 0.0767. The minimum atomic E-state index is -4.27. The quantitative estimate of drug-likeness (QED) is 0.652. The highest BCUT2D eigenvalue weighted by Crippen LogP contribution is 2.52. The van der Waals surface area contributed by atoms with Gasteiger partial charge in [0.15, 0.2) is 0 Å². The first-order chi connectivity index (χ1) is 8.88. The SMILES string of the molecule is Cc1sc(C#CC2(C(F)(F)F)CCC2)cc1NC=O. The van der Waals surface area contributed by atoms with E-state index in [2.05, 4.69) is 17.2 Å². The van der Waals surface area contributed by atoms with E-state index < -0.39 is 11.6 Å². The monoisotopic (exact) mass is 287 g/mol. The van der Waals surface area contributed by atoms with Crippen LogP contribution < -0.4 is 5.32 Å². The van der Waals surface area contributed by atoms with Gasteiger partial charge in [0.05, 0.1) is 10.6 Å². The second-order valence-electron chi connectivity index (χ2n) is 4.53. The zero-order valence-corrected chi connectivity index (χ0v) is 11.0. The smallest absolute Gasteiger partial charge is 0.328 e. The maximum atomic E-state index is 12.9. The Balaban J connectivity index is 2.24. The number of hydrogen-bond acceptors (Lipinski definition) is 2. The Kier molecular flexibility index (Phi) is 3.59. The summed E-state index contributed by atoms with van der Waals surface area (Å²) in [5, 5.41) is 2.49. The van der Waals surface area contributed by atoms with E-state index in [1.54, 1.807) is 13.0 Å². The maximum absolute atomic E-state index is 12.9. The molecule has 1 fully saturated rings. The third-order valence-electron chi connectivity index (χ3n) is 3.31. The molecule has 19 heavy (non-hydrogen) atoms. The molecule has 1 N–H and O–H groups in total. The number of anilines is 1. The number of alkyl halides is 3. The minimum Gasteiger partial charge on any atom is -0.328 e. The highest BCUT2D eigenvalue weighted by molar-refractivity contribution is 7.13. The molecule has 1 aliphatic carbocycles. The highest BCUT2D eigenvalue weighted by Gasteiger charge is 2.57. The van der Waals surface area contributed by atoms with Crippen LogP contribution in [0, 0.1) is 24.2 Å². The first-order valence-electron chi connectivity index (χ1n) is 5.78. The Bertz CT molecular complexity index is 546. The van der Waals surface area contributed by atoms with Crippen LogP contribution in [0.1, 0.15) is 29.0 Å². The Morgan fingerprint density at radius 2 is 2.16 bits per heavy atom. The van der Waals surface area contributed by atoms with Crippen LogP contribution in [0.5, 0.6) is 0 Å². The van der Waals surface area contributed by atoms with Gasteiger partial charge in [0.1, 0.15) is 5.41 Å². The van der Waals surface area contributed by atoms with Crippen molar-refractivity contribution in [1.29, 1.82) is 0 Å². The lowest BCUT2D eigenvalue weighted by atomic mass is 9.69. The lowest BCUT2D eigenvalue weighted by Crippen LogP contribution is -2.42. The standard InChI is InChI=1S/C13H12F3NOS/c1-9-11(17-8-18)7-10(19-9)3-6-12(4-2-5-12)13(14,15)16/h7-8H,2,4-5H2,1H3,(H,17,18). The number of carbonyl (C=O) groups excluding carboxylic acids is 1. The van der Waals surface area contributed by atoms with Crippen LogP contribution in [0.25, 0.3) is 0 Å². The van der Waals surface area contributed by atoms with E-state index in [9.17, 15) is 18.0 Å². The number of rotatable bonds is 2. The molecule has 0 aromatic carbocycles. The van der Waals surface area contributed by atoms with Gasteiger partial charge in [-0.25, -0.2) is 0 Å². The van der Waals surface area contributed by atoms with Crippen LogP contribution >= 0.6 is 11.3 Å². The molecule has 1 saturated carbocycles. The molecule has 0 unspecified atom stereocenters. The van der Waals surface area contributed by atoms with Gasteiger partial charge >= 0.3 is 6.18 Å². The van der Waals surface area contributed by atoms with Crippen molar-refractivity contribution in [3.8, 4) is 11.8 Å². The van der Waals surface area contributed by atoms with Gasteiger partial charge in [-0.1, -0.05) is 11.8 Å². The number of nitrogens with one attached hydrogen (secondary N) is 1. The number of aryl methyl sites for hydroxylation is 1. The van der Waals surface area contributed by atoms with Crippen molar-refractivity contribution in [2.45, 2.75) is 32.4 Å². The largest absolute Gasteiger partial charge is 0.405 e. The summed E-state index contributed by atoms with van der Waals surface area (Å²) in [4.78, 5) is 11.7. The molecule has 0 bridgehead atoms. The lowest BCUT2D eigenvalue weighted by Gasteiger charge is -2.38. The van der Waals surface area contributed by atoms with Crippen molar-refractivity contribution in [2.75, 3.05) is 5.32 Å². The van der Waals surface area contributed by atoms with E-state index in [0.29, 0.717) is 23.4 Å². The zero-order chi connectivity index (χ0) is 14.1. The van der Waals surface area contributed by atoms with Crippen molar-refractivity contribution < 1.29 is 18.0 Å². The molecule has 1 aromatic heterocycles. The second-order valence-corrected chi connectivity index (χ2v) is 5.78. The first-order valence-corrected chi connectivity index (χ1v) is 6.60. The fourth-order valence-electron chi connectivity index (χ4n) is 1.94. The van der Waals surface area contributed by atoms with E-state index in [4.69, 9.17) is 0 Å². The molecule has 1 aromatic rings. The topological polar surface area (TPSA) is 29.1 Å². The Morgan fingerprint density at radius 1 is 1.47 bits per heavy atom. The normalized spacial score (nSPS) is 17.1.